The van der Waals surface area contributed by atoms with Crippen LogP contribution in [0.4, 0.5) is 4.39 Å². The van der Waals surface area contributed by atoms with Crippen molar-refractivity contribution in [2.75, 3.05) is 13.6 Å². The molecule has 0 fully saturated rings. The van der Waals surface area contributed by atoms with Crippen molar-refractivity contribution in [1.82, 2.24) is 5.32 Å². The first-order valence-electron chi connectivity index (χ1n) is 5.39. The van der Waals surface area contributed by atoms with Crippen LogP contribution in [0, 0.1) is 5.82 Å². The molecule has 1 N–H and O–H groups in total. The average molecular weight is 290 g/mol. The van der Waals surface area contributed by atoms with Crippen molar-refractivity contribution in [3.05, 3.63) is 28.5 Å². The van der Waals surface area contributed by atoms with E-state index in [1.807, 2.05) is 14.0 Å². The normalized spacial score (nSPS) is 12.5. The third kappa shape index (κ3) is 4.49. The molecule has 2 nitrogen and oxygen atoms in total. The van der Waals surface area contributed by atoms with Crippen LogP contribution in [-0.4, -0.2) is 19.7 Å². The Morgan fingerprint density at radius 2 is 2.25 bits per heavy atom. The Labute approximate surface area is 104 Å². The number of ether oxygens (including phenoxy) is 1. The maximum absolute atomic E-state index is 13.2. The van der Waals surface area contributed by atoms with Crippen LogP contribution < -0.4 is 10.1 Å². The Morgan fingerprint density at radius 3 is 2.88 bits per heavy atom. The van der Waals surface area contributed by atoms with Gasteiger partial charge in [-0.3, -0.25) is 0 Å². The minimum atomic E-state index is -0.292. The molecule has 1 aromatic carbocycles. The van der Waals surface area contributed by atoms with E-state index in [0.717, 1.165) is 19.4 Å². The van der Waals surface area contributed by atoms with Gasteiger partial charge in [-0.25, -0.2) is 4.39 Å². The van der Waals surface area contributed by atoms with Crippen molar-refractivity contribution in [2.24, 2.45) is 0 Å². The molecule has 0 saturated carbocycles. The summed E-state index contributed by atoms with van der Waals surface area (Å²) in [6, 6.07) is 4.82. The van der Waals surface area contributed by atoms with E-state index in [1.54, 1.807) is 12.1 Å². The van der Waals surface area contributed by atoms with Gasteiger partial charge >= 0.3 is 0 Å². The molecule has 0 aliphatic heterocycles. The molecule has 90 valence electrons. The summed E-state index contributed by atoms with van der Waals surface area (Å²) in [5.41, 5.74) is 0. The summed E-state index contributed by atoms with van der Waals surface area (Å²) in [6.45, 7) is 2.97. The molecule has 1 rings (SSSR count). The predicted molar refractivity (Wildman–Crippen MR) is 67.4 cm³/mol. The average Bonchev–Trinajstić information content (AvgIpc) is 2.24. The number of hydrogen-bond acceptors (Lipinski definition) is 2. The highest BCUT2D eigenvalue weighted by molar-refractivity contribution is 9.10. The van der Waals surface area contributed by atoms with Crippen molar-refractivity contribution in [3.8, 4) is 5.75 Å². The summed E-state index contributed by atoms with van der Waals surface area (Å²) in [7, 11) is 1.93. The Hall–Kier alpha value is -0.610. The van der Waals surface area contributed by atoms with Gasteiger partial charge in [0.1, 0.15) is 11.6 Å². The summed E-state index contributed by atoms with van der Waals surface area (Å²) in [5, 5.41) is 3.08. The van der Waals surface area contributed by atoms with Gasteiger partial charge in [-0.2, -0.15) is 0 Å². The van der Waals surface area contributed by atoms with Crippen molar-refractivity contribution < 1.29 is 9.13 Å². The van der Waals surface area contributed by atoms with Crippen LogP contribution >= 0.6 is 15.9 Å². The van der Waals surface area contributed by atoms with Gasteiger partial charge in [-0.15, -0.1) is 0 Å². The van der Waals surface area contributed by atoms with Crippen LogP contribution in [0.1, 0.15) is 19.8 Å². The van der Waals surface area contributed by atoms with Gasteiger partial charge in [0, 0.05) is 6.07 Å². The van der Waals surface area contributed by atoms with Crippen LogP contribution in [0.25, 0.3) is 0 Å². The highest BCUT2D eigenvalue weighted by Crippen LogP contribution is 2.22. The molecule has 0 heterocycles. The van der Waals surface area contributed by atoms with Gasteiger partial charge in [0.05, 0.1) is 10.6 Å². The molecule has 0 aliphatic rings. The van der Waals surface area contributed by atoms with E-state index in [2.05, 4.69) is 21.2 Å². The topological polar surface area (TPSA) is 21.3 Å². The Kier molecular flexibility index (Phi) is 5.77. The second-order valence-electron chi connectivity index (χ2n) is 3.75. The van der Waals surface area contributed by atoms with Gasteiger partial charge in [0.2, 0.25) is 0 Å². The highest BCUT2D eigenvalue weighted by atomic mass is 79.9. The van der Waals surface area contributed by atoms with Crippen LogP contribution in [0.15, 0.2) is 22.7 Å². The Bertz CT molecular complexity index is 333. The smallest absolute Gasteiger partial charge is 0.141 e. The third-order valence-corrected chi connectivity index (χ3v) is 2.91. The molecule has 0 aromatic heterocycles. The maximum Gasteiger partial charge on any atom is 0.141 e. The number of halogens is 2. The molecule has 16 heavy (non-hydrogen) atoms. The SMILES string of the molecule is CNCCCC(C)Oc1ccc(Br)c(F)c1. The van der Waals surface area contributed by atoms with Crippen LogP contribution in [0.3, 0.4) is 0 Å². The number of benzene rings is 1. The summed E-state index contributed by atoms with van der Waals surface area (Å²) >= 11 is 3.11. The lowest BCUT2D eigenvalue weighted by atomic mass is 10.2. The number of nitrogens with one attached hydrogen (secondary N) is 1. The van der Waals surface area contributed by atoms with E-state index >= 15 is 0 Å². The van der Waals surface area contributed by atoms with Crippen LogP contribution in [0.2, 0.25) is 0 Å². The summed E-state index contributed by atoms with van der Waals surface area (Å²) in [6.07, 6.45) is 2.11. The van der Waals surface area contributed by atoms with E-state index in [4.69, 9.17) is 4.74 Å². The Morgan fingerprint density at radius 1 is 1.50 bits per heavy atom. The van der Waals surface area contributed by atoms with Gasteiger partial charge in [-0.05, 0) is 61.4 Å². The first-order chi connectivity index (χ1) is 7.63. The third-order valence-electron chi connectivity index (χ3n) is 2.27. The van der Waals surface area contributed by atoms with Crippen molar-refractivity contribution in [3.63, 3.8) is 0 Å². The molecule has 1 aromatic rings. The molecule has 1 unspecified atom stereocenters. The number of hydrogen-bond donors (Lipinski definition) is 1. The first-order valence-corrected chi connectivity index (χ1v) is 6.19. The van der Waals surface area contributed by atoms with Gasteiger partial charge in [-0.1, -0.05) is 0 Å². The van der Waals surface area contributed by atoms with E-state index in [0.29, 0.717) is 10.2 Å². The Balaban J connectivity index is 2.43. The molecule has 4 heteroatoms. The lowest BCUT2D eigenvalue weighted by Gasteiger charge is -2.14. The molecule has 0 amide bonds. The van der Waals surface area contributed by atoms with Gasteiger partial charge in [0.25, 0.3) is 0 Å². The van der Waals surface area contributed by atoms with Crippen LogP contribution in [0.5, 0.6) is 5.75 Å². The predicted octanol–water partition coefficient (Wildman–Crippen LogP) is 3.36. The van der Waals surface area contributed by atoms with E-state index in [-0.39, 0.29) is 11.9 Å². The fourth-order valence-corrected chi connectivity index (χ4v) is 1.65. The molecule has 0 aliphatic carbocycles. The van der Waals surface area contributed by atoms with E-state index in [9.17, 15) is 4.39 Å². The number of rotatable bonds is 6. The molecular weight excluding hydrogens is 273 g/mol. The zero-order valence-electron chi connectivity index (χ0n) is 9.59. The summed E-state index contributed by atoms with van der Waals surface area (Å²) < 4.78 is 19.3. The van der Waals surface area contributed by atoms with Crippen molar-refractivity contribution in [1.29, 1.82) is 0 Å². The monoisotopic (exact) mass is 289 g/mol. The van der Waals surface area contributed by atoms with Crippen molar-refractivity contribution in [2.45, 2.75) is 25.9 Å². The molecule has 1 atom stereocenters. The van der Waals surface area contributed by atoms with Gasteiger partial charge in [0.15, 0.2) is 0 Å². The fraction of sp³-hybridized carbons (Fsp3) is 0.500. The molecule has 0 spiro atoms. The standard InChI is InChI=1S/C12H17BrFNO/c1-9(4-3-7-15-2)16-10-5-6-11(13)12(14)8-10/h5-6,8-9,15H,3-4,7H2,1-2H3. The quantitative estimate of drug-likeness (QED) is 0.811. The molecular formula is C12H17BrFNO. The second-order valence-corrected chi connectivity index (χ2v) is 4.60. The lowest BCUT2D eigenvalue weighted by molar-refractivity contribution is 0.207. The molecule has 0 radical (unpaired) electrons. The van der Waals surface area contributed by atoms with E-state index < -0.39 is 0 Å². The zero-order valence-corrected chi connectivity index (χ0v) is 11.2. The van der Waals surface area contributed by atoms with Gasteiger partial charge < -0.3 is 10.1 Å². The fourth-order valence-electron chi connectivity index (χ4n) is 1.41. The summed E-state index contributed by atoms with van der Waals surface area (Å²) in [4.78, 5) is 0. The zero-order chi connectivity index (χ0) is 12.0. The minimum Gasteiger partial charge on any atom is -0.491 e. The largest absolute Gasteiger partial charge is 0.491 e. The highest BCUT2D eigenvalue weighted by Gasteiger charge is 2.06. The van der Waals surface area contributed by atoms with E-state index in [1.165, 1.54) is 6.07 Å². The minimum absolute atomic E-state index is 0.105. The molecule has 0 saturated heterocycles. The van der Waals surface area contributed by atoms with Crippen molar-refractivity contribution >= 4 is 15.9 Å². The maximum atomic E-state index is 13.2. The second kappa shape index (κ2) is 6.86. The molecule has 0 bridgehead atoms. The first kappa shape index (κ1) is 13.5. The lowest BCUT2D eigenvalue weighted by Crippen LogP contribution is -2.15. The summed E-state index contributed by atoms with van der Waals surface area (Å²) in [5.74, 6) is 0.289. The van der Waals surface area contributed by atoms with Crippen LogP contribution in [-0.2, 0) is 0 Å².